The summed E-state index contributed by atoms with van der Waals surface area (Å²) in [5.41, 5.74) is 0.597. The van der Waals surface area contributed by atoms with Crippen molar-refractivity contribution in [3.05, 3.63) is 0 Å². The summed E-state index contributed by atoms with van der Waals surface area (Å²) < 4.78 is 0. The molecule has 0 amide bonds. The summed E-state index contributed by atoms with van der Waals surface area (Å²) in [6, 6.07) is 2.70. The summed E-state index contributed by atoms with van der Waals surface area (Å²) in [4.78, 5) is 0. The van der Waals surface area contributed by atoms with Crippen LogP contribution in [-0.2, 0) is 0 Å². The van der Waals surface area contributed by atoms with Crippen molar-refractivity contribution in [2.45, 2.75) is 38.4 Å². The van der Waals surface area contributed by atoms with Crippen LogP contribution in [0.1, 0.15) is 20.8 Å². The summed E-state index contributed by atoms with van der Waals surface area (Å²) in [6.45, 7) is 6.70. The van der Waals surface area contributed by atoms with Crippen molar-refractivity contribution in [2.24, 2.45) is 0 Å². The number of hydrogen-bond acceptors (Lipinski definition) is 0. The van der Waals surface area contributed by atoms with Crippen molar-refractivity contribution >= 4 is 8.80 Å². The Labute approximate surface area is 60.3 Å². The van der Waals surface area contributed by atoms with E-state index in [0.29, 0.717) is 5.54 Å². The van der Waals surface area contributed by atoms with Gasteiger partial charge in [0.15, 0.2) is 0 Å². The van der Waals surface area contributed by atoms with Crippen LogP contribution in [0.2, 0.25) is 17.6 Å². The standard InChI is InChI=1S/C8H16Si/c1-5-8(4)9(6-2)7-3/h1,8-9H,6-7H2,2-4H3. The van der Waals surface area contributed by atoms with E-state index in [0.717, 1.165) is 0 Å². The Balaban J connectivity index is 3.67. The average molecular weight is 140 g/mol. The maximum atomic E-state index is 5.31. The van der Waals surface area contributed by atoms with Gasteiger partial charge in [-0.1, -0.05) is 32.9 Å². The molecule has 0 aliphatic heterocycles. The largest absolute Gasteiger partial charge is 0.120 e. The van der Waals surface area contributed by atoms with Gasteiger partial charge in [-0.05, 0) is 0 Å². The normalized spacial score (nSPS) is 13.2. The van der Waals surface area contributed by atoms with Gasteiger partial charge in [-0.3, -0.25) is 0 Å². The first-order valence-corrected chi connectivity index (χ1v) is 6.02. The highest BCUT2D eigenvalue weighted by molar-refractivity contribution is 6.61. The molecule has 1 atom stereocenters. The third kappa shape index (κ3) is 2.72. The van der Waals surface area contributed by atoms with E-state index in [-0.39, 0.29) is 0 Å². The molecule has 0 saturated carbocycles. The highest BCUT2D eigenvalue weighted by atomic mass is 28.3. The minimum absolute atomic E-state index is 0.522. The molecule has 0 nitrogen and oxygen atoms in total. The summed E-state index contributed by atoms with van der Waals surface area (Å²) in [5.74, 6) is 2.83. The van der Waals surface area contributed by atoms with Crippen molar-refractivity contribution in [1.29, 1.82) is 0 Å². The van der Waals surface area contributed by atoms with Gasteiger partial charge in [0.25, 0.3) is 0 Å². The molecule has 0 bridgehead atoms. The van der Waals surface area contributed by atoms with Gasteiger partial charge in [-0.15, -0.1) is 12.3 Å². The lowest BCUT2D eigenvalue weighted by Gasteiger charge is -2.12. The molecule has 0 heterocycles. The summed E-state index contributed by atoms with van der Waals surface area (Å²) >= 11 is 0. The summed E-state index contributed by atoms with van der Waals surface area (Å²) in [5, 5.41) is 0. The molecular formula is C8H16Si. The molecule has 0 fully saturated rings. The van der Waals surface area contributed by atoms with Gasteiger partial charge >= 0.3 is 0 Å². The van der Waals surface area contributed by atoms with Crippen molar-refractivity contribution in [2.75, 3.05) is 0 Å². The molecule has 9 heavy (non-hydrogen) atoms. The SMILES string of the molecule is C#CC(C)[SiH](CC)CC. The predicted molar refractivity (Wildman–Crippen MR) is 46.4 cm³/mol. The Kier molecular flexibility index (Phi) is 4.52. The first kappa shape index (κ1) is 8.78. The molecule has 0 aliphatic rings. The quantitative estimate of drug-likeness (QED) is 0.417. The second kappa shape index (κ2) is 4.64. The highest BCUT2D eigenvalue weighted by Gasteiger charge is 2.11. The van der Waals surface area contributed by atoms with E-state index in [1.807, 2.05) is 0 Å². The molecule has 52 valence electrons. The Morgan fingerprint density at radius 3 is 2.00 bits per heavy atom. The van der Waals surface area contributed by atoms with Gasteiger partial charge in [0.1, 0.15) is 0 Å². The molecule has 0 spiro atoms. The fourth-order valence-electron chi connectivity index (χ4n) is 1.13. The van der Waals surface area contributed by atoms with Crippen LogP contribution in [0.15, 0.2) is 0 Å². The van der Waals surface area contributed by atoms with Gasteiger partial charge in [-0.2, -0.15) is 0 Å². The molecule has 0 aromatic rings. The predicted octanol–water partition coefficient (Wildman–Crippen LogP) is 2.28. The second-order valence-corrected chi connectivity index (χ2v) is 6.69. The van der Waals surface area contributed by atoms with Crippen LogP contribution >= 0.6 is 0 Å². The van der Waals surface area contributed by atoms with E-state index in [1.165, 1.54) is 12.1 Å². The molecule has 1 heteroatoms. The topological polar surface area (TPSA) is 0 Å². The smallest absolute Gasteiger partial charge is 0.0534 e. The van der Waals surface area contributed by atoms with Crippen molar-refractivity contribution in [3.8, 4) is 12.3 Å². The lowest BCUT2D eigenvalue weighted by Crippen LogP contribution is -2.14. The third-order valence-corrected chi connectivity index (χ3v) is 5.72. The maximum absolute atomic E-state index is 5.31. The van der Waals surface area contributed by atoms with Crippen LogP contribution in [0.5, 0.6) is 0 Å². The fraction of sp³-hybridized carbons (Fsp3) is 0.750. The monoisotopic (exact) mass is 140 g/mol. The van der Waals surface area contributed by atoms with Crippen molar-refractivity contribution < 1.29 is 0 Å². The molecule has 0 radical (unpaired) electrons. The van der Waals surface area contributed by atoms with Crippen LogP contribution in [0.25, 0.3) is 0 Å². The lowest BCUT2D eigenvalue weighted by molar-refractivity contribution is 1.13. The minimum atomic E-state index is -0.522. The van der Waals surface area contributed by atoms with E-state index >= 15 is 0 Å². The molecule has 0 aromatic heterocycles. The van der Waals surface area contributed by atoms with E-state index in [4.69, 9.17) is 6.42 Å². The first-order chi connectivity index (χ1) is 4.26. The van der Waals surface area contributed by atoms with E-state index in [2.05, 4.69) is 26.7 Å². The molecule has 0 aromatic carbocycles. The van der Waals surface area contributed by atoms with Crippen LogP contribution < -0.4 is 0 Å². The molecule has 0 rings (SSSR count). The molecule has 1 unspecified atom stereocenters. The first-order valence-electron chi connectivity index (χ1n) is 3.72. The number of hydrogen-bond donors (Lipinski definition) is 0. The highest BCUT2D eigenvalue weighted by Crippen LogP contribution is 2.14. The molecule has 0 aliphatic carbocycles. The average Bonchev–Trinajstić information content (AvgIpc) is 1.90. The zero-order chi connectivity index (χ0) is 7.28. The number of terminal acetylenes is 1. The minimum Gasteiger partial charge on any atom is -0.120 e. The van der Waals surface area contributed by atoms with E-state index in [9.17, 15) is 0 Å². The van der Waals surface area contributed by atoms with Crippen molar-refractivity contribution in [3.63, 3.8) is 0 Å². The van der Waals surface area contributed by atoms with Crippen molar-refractivity contribution in [1.82, 2.24) is 0 Å². The van der Waals surface area contributed by atoms with Crippen LogP contribution in [-0.4, -0.2) is 8.80 Å². The van der Waals surface area contributed by atoms with Gasteiger partial charge < -0.3 is 0 Å². The van der Waals surface area contributed by atoms with Crippen LogP contribution in [0.3, 0.4) is 0 Å². The zero-order valence-electron chi connectivity index (χ0n) is 6.65. The summed E-state index contributed by atoms with van der Waals surface area (Å²) in [7, 11) is -0.522. The Morgan fingerprint density at radius 1 is 1.44 bits per heavy atom. The van der Waals surface area contributed by atoms with E-state index in [1.54, 1.807) is 0 Å². The Hall–Kier alpha value is -0.223. The van der Waals surface area contributed by atoms with Crippen LogP contribution in [0.4, 0.5) is 0 Å². The third-order valence-electron chi connectivity index (χ3n) is 2.02. The lowest BCUT2D eigenvalue weighted by atomic mass is 10.5. The molecular weight excluding hydrogens is 124 g/mol. The van der Waals surface area contributed by atoms with E-state index < -0.39 is 8.80 Å². The Bertz CT molecular complexity index is 97.6. The fourth-order valence-corrected chi connectivity index (χ4v) is 3.40. The summed E-state index contributed by atoms with van der Waals surface area (Å²) in [6.07, 6.45) is 5.31. The van der Waals surface area contributed by atoms with Gasteiger partial charge in [-0.25, -0.2) is 0 Å². The van der Waals surface area contributed by atoms with Gasteiger partial charge in [0, 0.05) is 5.54 Å². The maximum Gasteiger partial charge on any atom is 0.0534 e. The number of rotatable bonds is 3. The Morgan fingerprint density at radius 2 is 1.89 bits per heavy atom. The zero-order valence-corrected chi connectivity index (χ0v) is 7.80. The van der Waals surface area contributed by atoms with Gasteiger partial charge in [0.2, 0.25) is 0 Å². The van der Waals surface area contributed by atoms with Crippen LogP contribution in [0, 0.1) is 12.3 Å². The second-order valence-electron chi connectivity index (χ2n) is 2.53. The molecule has 0 N–H and O–H groups in total. The molecule has 0 saturated heterocycles. The van der Waals surface area contributed by atoms with Gasteiger partial charge in [0.05, 0.1) is 8.80 Å².